The molecule has 11 aromatic carbocycles. The van der Waals surface area contributed by atoms with Crippen molar-refractivity contribution in [3.05, 3.63) is 260 Å². The minimum absolute atomic E-state index is 0.262. The zero-order valence-corrected chi connectivity index (χ0v) is 40.4. The molecular formula is C69H47N3O. The second-order valence-corrected chi connectivity index (χ2v) is 20.1. The van der Waals surface area contributed by atoms with Gasteiger partial charge in [-0.2, -0.15) is 0 Å². The van der Waals surface area contributed by atoms with Gasteiger partial charge in [0.25, 0.3) is 0 Å². The minimum Gasteiger partial charge on any atom is -0.455 e. The number of para-hydroxylation sites is 6. The first-order valence-corrected chi connectivity index (χ1v) is 25.2. The van der Waals surface area contributed by atoms with E-state index in [1.54, 1.807) is 0 Å². The van der Waals surface area contributed by atoms with Crippen LogP contribution < -0.4 is 4.90 Å². The Morgan fingerprint density at radius 2 is 0.836 bits per heavy atom. The highest BCUT2D eigenvalue weighted by Gasteiger charge is 2.37. The zero-order valence-electron chi connectivity index (χ0n) is 40.4. The maximum atomic E-state index is 6.51. The first kappa shape index (κ1) is 41.4. The second-order valence-electron chi connectivity index (χ2n) is 20.1. The lowest BCUT2D eigenvalue weighted by Crippen LogP contribution is -2.17. The van der Waals surface area contributed by atoms with Gasteiger partial charge < -0.3 is 18.5 Å². The van der Waals surface area contributed by atoms with Crippen LogP contribution in [0.4, 0.5) is 17.1 Å². The molecule has 0 N–H and O–H groups in total. The summed E-state index contributed by atoms with van der Waals surface area (Å²) in [6, 6.07) is 90.9. The van der Waals surface area contributed by atoms with Gasteiger partial charge in [-0.05, 0) is 136 Å². The number of rotatable bonds is 7. The van der Waals surface area contributed by atoms with Crippen LogP contribution in [0.3, 0.4) is 0 Å². The third-order valence-corrected chi connectivity index (χ3v) is 15.7. The zero-order chi connectivity index (χ0) is 48.4. The van der Waals surface area contributed by atoms with Crippen LogP contribution in [0.15, 0.2) is 253 Å². The van der Waals surface area contributed by atoms with Crippen molar-refractivity contribution in [2.75, 3.05) is 4.90 Å². The molecule has 1 aliphatic carbocycles. The lowest BCUT2D eigenvalue weighted by atomic mass is 9.82. The van der Waals surface area contributed by atoms with Gasteiger partial charge >= 0.3 is 0 Å². The second kappa shape index (κ2) is 15.8. The number of furan rings is 1. The van der Waals surface area contributed by atoms with Gasteiger partial charge in [0.05, 0.1) is 22.1 Å². The van der Waals surface area contributed by atoms with E-state index in [9.17, 15) is 0 Å². The molecule has 15 rings (SSSR count). The van der Waals surface area contributed by atoms with E-state index >= 15 is 0 Å². The molecule has 0 atom stereocenters. The Balaban J connectivity index is 0.840. The lowest BCUT2D eigenvalue weighted by Gasteiger charge is -2.28. The fourth-order valence-electron chi connectivity index (χ4n) is 12.2. The summed E-state index contributed by atoms with van der Waals surface area (Å²) < 4.78 is 11.3. The molecule has 4 nitrogen and oxygen atoms in total. The fraction of sp³-hybridized carbons (Fsp3) is 0.0435. The molecule has 0 bridgehead atoms. The van der Waals surface area contributed by atoms with E-state index in [0.29, 0.717) is 0 Å². The van der Waals surface area contributed by atoms with Gasteiger partial charge in [-0.15, -0.1) is 0 Å². The Bertz CT molecular complexity index is 4460. The Morgan fingerprint density at radius 1 is 0.329 bits per heavy atom. The summed E-state index contributed by atoms with van der Waals surface area (Å²) in [6.07, 6.45) is 0. The lowest BCUT2D eigenvalue weighted by molar-refractivity contribution is 0.660. The fourth-order valence-corrected chi connectivity index (χ4v) is 12.2. The van der Waals surface area contributed by atoms with E-state index in [0.717, 1.165) is 55.8 Å². The highest BCUT2D eigenvalue weighted by atomic mass is 16.3. The molecule has 4 heteroatoms. The van der Waals surface area contributed by atoms with Gasteiger partial charge in [-0.25, -0.2) is 0 Å². The summed E-state index contributed by atoms with van der Waals surface area (Å²) in [5, 5.41) is 7.29. The summed E-state index contributed by atoms with van der Waals surface area (Å²) in [5.74, 6) is 0. The van der Waals surface area contributed by atoms with Crippen LogP contribution >= 0.6 is 0 Å². The quantitative estimate of drug-likeness (QED) is 0.159. The summed E-state index contributed by atoms with van der Waals surface area (Å²) in [5.41, 5.74) is 21.8. The number of hydrogen-bond acceptors (Lipinski definition) is 2. The Kier molecular flexibility index (Phi) is 8.97. The van der Waals surface area contributed by atoms with Crippen molar-refractivity contribution >= 4 is 82.6 Å². The number of aromatic nitrogens is 2. The van der Waals surface area contributed by atoms with Crippen molar-refractivity contribution in [2.45, 2.75) is 19.3 Å². The maximum Gasteiger partial charge on any atom is 0.143 e. The van der Waals surface area contributed by atoms with E-state index in [4.69, 9.17) is 4.42 Å². The van der Waals surface area contributed by atoms with Gasteiger partial charge in [0, 0.05) is 71.7 Å². The van der Waals surface area contributed by atoms with E-state index in [-0.39, 0.29) is 5.41 Å². The van der Waals surface area contributed by atoms with Crippen molar-refractivity contribution in [1.82, 2.24) is 9.13 Å². The molecule has 73 heavy (non-hydrogen) atoms. The van der Waals surface area contributed by atoms with Gasteiger partial charge in [-0.3, -0.25) is 0 Å². The van der Waals surface area contributed by atoms with Gasteiger partial charge in [-0.1, -0.05) is 166 Å². The Labute approximate surface area is 422 Å². The predicted molar refractivity (Wildman–Crippen MR) is 306 cm³/mol. The SMILES string of the molecule is CC1(C)c2cc(N(c3ccc(-c4ccc5c(c4)c4ccccc4n5-c4ccccc4)cc3)c3ccc(-c4cccc5c4oc4ccccc45)cc3)ccc2-c2ccc(-n3c4ccccc4c4ccccc43)cc21. The third-order valence-electron chi connectivity index (χ3n) is 15.7. The Hall–Kier alpha value is -9.38. The van der Waals surface area contributed by atoms with E-state index in [1.165, 1.54) is 82.7 Å². The van der Waals surface area contributed by atoms with Crippen LogP contribution in [0.1, 0.15) is 25.0 Å². The van der Waals surface area contributed by atoms with Gasteiger partial charge in [0.1, 0.15) is 11.2 Å². The standard InChI is InChI=1S/C69H47N3O/c1-69(2)61-42-50(36-38-53(61)54-39-37-51(43-62(54)69)72-63-23-10-6-17-55(63)56-18-7-11-24-64(56)72)70(49-34-29-45(30-35-49)52-21-14-22-59-58-20-9-13-26-67(58)73-68(52)59)48-32-27-44(28-33-48)46-31-40-66-60(41-46)57-19-8-12-25-65(57)71(66)47-15-4-3-5-16-47/h3-43H,1-2H3. The number of hydrogen-bond donors (Lipinski definition) is 0. The molecule has 0 amide bonds. The van der Waals surface area contributed by atoms with Crippen LogP contribution in [0.25, 0.3) is 110 Å². The molecular weight excluding hydrogens is 887 g/mol. The largest absolute Gasteiger partial charge is 0.455 e. The highest BCUT2D eigenvalue weighted by Crippen LogP contribution is 2.52. The van der Waals surface area contributed by atoms with Crippen molar-refractivity contribution < 1.29 is 4.42 Å². The first-order chi connectivity index (χ1) is 36.0. The molecule has 0 aliphatic heterocycles. The van der Waals surface area contributed by atoms with Crippen molar-refractivity contribution in [1.29, 1.82) is 0 Å². The molecule has 14 aromatic rings. The predicted octanol–water partition coefficient (Wildman–Crippen LogP) is 18.9. The van der Waals surface area contributed by atoms with Crippen LogP contribution in [-0.2, 0) is 5.41 Å². The van der Waals surface area contributed by atoms with Gasteiger partial charge in [0.15, 0.2) is 0 Å². The van der Waals surface area contributed by atoms with Gasteiger partial charge in [0.2, 0.25) is 0 Å². The minimum atomic E-state index is -0.262. The smallest absolute Gasteiger partial charge is 0.143 e. The summed E-state index contributed by atoms with van der Waals surface area (Å²) >= 11 is 0. The van der Waals surface area contributed by atoms with Crippen LogP contribution in [0.2, 0.25) is 0 Å². The molecule has 3 heterocycles. The average Bonchev–Trinajstić information content (AvgIpc) is 4.17. The molecule has 3 aromatic heterocycles. The molecule has 344 valence electrons. The number of fused-ring (bicyclic) bond motifs is 12. The Morgan fingerprint density at radius 3 is 1.52 bits per heavy atom. The third kappa shape index (κ3) is 6.27. The number of benzene rings is 11. The molecule has 0 spiro atoms. The average molecular weight is 934 g/mol. The van der Waals surface area contributed by atoms with Crippen molar-refractivity contribution in [3.63, 3.8) is 0 Å². The molecule has 1 aliphatic rings. The van der Waals surface area contributed by atoms with E-state index in [2.05, 4.69) is 271 Å². The number of anilines is 3. The summed E-state index contributed by atoms with van der Waals surface area (Å²) in [7, 11) is 0. The monoisotopic (exact) mass is 933 g/mol. The molecule has 0 saturated heterocycles. The topological polar surface area (TPSA) is 26.2 Å². The summed E-state index contributed by atoms with van der Waals surface area (Å²) in [4.78, 5) is 2.41. The highest BCUT2D eigenvalue weighted by molar-refractivity contribution is 6.12. The van der Waals surface area contributed by atoms with E-state index in [1.807, 2.05) is 6.07 Å². The molecule has 0 radical (unpaired) electrons. The first-order valence-electron chi connectivity index (χ1n) is 25.2. The maximum absolute atomic E-state index is 6.51. The molecule has 0 unspecified atom stereocenters. The molecule has 0 fully saturated rings. The van der Waals surface area contributed by atoms with Crippen molar-refractivity contribution in [2.24, 2.45) is 0 Å². The van der Waals surface area contributed by atoms with Crippen LogP contribution in [0, 0.1) is 0 Å². The van der Waals surface area contributed by atoms with Crippen LogP contribution in [-0.4, -0.2) is 9.13 Å². The van der Waals surface area contributed by atoms with E-state index < -0.39 is 0 Å². The summed E-state index contributed by atoms with van der Waals surface area (Å²) in [6.45, 7) is 4.77. The van der Waals surface area contributed by atoms with Crippen LogP contribution in [0.5, 0.6) is 0 Å². The normalized spacial score (nSPS) is 12.9. The molecule has 0 saturated carbocycles. The van der Waals surface area contributed by atoms with Crippen molar-refractivity contribution in [3.8, 4) is 44.8 Å². The number of nitrogens with zero attached hydrogens (tertiary/aromatic N) is 3.